The van der Waals surface area contributed by atoms with Gasteiger partial charge in [-0.05, 0) is 45.1 Å². The van der Waals surface area contributed by atoms with Crippen LogP contribution in [0.25, 0.3) is 0 Å². The maximum atomic E-state index is 11.6. The van der Waals surface area contributed by atoms with E-state index in [0.29, 0.717) is 12.3 Å². The lowest BCUT2D eigenvalue weighted by atomic mass is 9.50. The molecule has 0 aliphatic heterocycles. The van der Waals surface area contributed by atoms with Crippen LogP contribution in [-0.2, 0) is 10.3 Å². The fraction of sp³-hybridized carbons (Fsp3) is 0.667. The summed E-state index contributed by atoms with van der Waals surface area (Å²) in [6, 6.07) is 1.83. The zero-order valence-electron chi connectivity index (χ0n) is 9.69. The molecule has 0 atom stereocenters. The number of hydrogen-bond acceptors (Lipinski definition) is 3. The molecule has 0 spiro atoms. The summed E-state index contributed by atoms with van der Waals surface area (Å²) in [6.45, 7) is 4.22. The third-order valence-corrected chi connectivity index (χ3v) is 3.83. The van der Waals surface area contributed by atoms with Gasteiger partial charge >= 0.3 is 5.97 Å². The Kier molecular flexibility index (Phi) is 1.91. The average Bonchev–Trinajstić information content (AvgIpc) is 2.44. The molecule has 3 saturated carbocycles. The van der Waals surface area contributed by atoms with Gasteiger partial charge in [0.15, 0.2) is 5.69 Å². The van der Waals surface area contributed by atoms with E-state index in [2.05, 4.69) is 5.10 Å². The topological polar surface area (TPSA) is 44.1 Å². The molecule has 2 bridgehead atoms. The Hall–Kier alpha value is -1.32. The van der Waals surface area contributed by atoms with Gasteiger partial charge in [0.2, 0.25) is 0 Å². The van der Waals surface area contributed by atoms with E-state index in [1.54, 1.807) is 0 Å². The van der Waals surface area contributed by atoms with Gasteiger partial charge in [-0.25, -0.2) is 4.79 Å². The number of ether oxygens (including phenoxy) is 1. The van der Waals surface area contributed by atoms with Gasteiger partial charge in [0, 0.05) is 5.69 Å². The maximum Gasteiger partial charge on any atom is 0.358 e. The lowest BCUT2D eigenvalue weighted by Crippen LogP contribution is -2.60. The number of hydrogen-bond donors (Lipinski definition) is 0. The molecule has 4 nitrogen and oxygen atoms in total. The van der Waals surface area contributed by atoms with Gasteiger partial charge in [-0.2, -0.15) is 5.10 Å². The molecule has 3 aliphatic rings. The minimum absolute atomic E-state index is 0.249. The van der Waals surface area contributed by atoms with Crippen LogP contribution in [-0.4, -0.2) is 22.4 Å². The first-order valence-electron chi connectivity index (χ1n) is 5.89. The van der Waals surface area contributed by atoms with Crippen molar-refractivity contribution in [2.45, 2.75) is 38.6 Å². The molecule has 3 fully saturated rings. The number of rotatable bonds is 3. The molecule has 0 radical (unpaired) electrons. The fourth-order valence-corrected chi connectivity index (χ4v) is 2.95. The summed E-state index contributed by atoms with van der Waals surface area (Å²) in [4.78, 5) is 11.6. The van der Waals surface area contributed by atoms with Gasteiger partial charge in [0.1, 0.15) is 0 Å². The predicted molar refractivity (Wildman–Crippen MR) is 58.2 cm³/mol. The molecule has 1 aromatic heterocycles. The Bertz CT molecular complexity index is 433. The molecular formula is C12H16N2O2. The van der Waals surface area contributed by atoms with Crippen LogP contribution in [0.5, 0.6) is 0 Å². The average molecular weight is 220 g/mol. The van der Waals surface area contributed by atoms with Crippen LogP contribution in [0.2, 0.25) is 0 Å². The zero-order valence-corrected chi connectivity index (χ0v) is 9.69. The van der Waals surface area contributed by atoms with E-state index in [9.17, 15) is 4.79 Å². The van der Waals surface area contributed by atoms with E-state index < -0.39 is 0 Å². The molecule has 1 aromatic rings. The summed E-state index contributed by atoms with van der Waals surface area (Å²) in [5.41, 5.74) is 1.77. The first-order valence-corrected chi connectivity index (χ1v) is 5.89. The summed E-state index contributed by atoms with van der Waals surface area (Å²) in [7, 11) is 0. The third kappa shape index (κ3) is 1.16. The largest absolute Gasteiger partial charge is 0.461 e. The monoisotopic (exact) mass is 220 g/mol. The highest BCUT2D eigenvalue weighted by molar-refractivity contribution is 5.87. The van der Waals surface area contributed by atoms with Crippen molar-refractivity contribution >= 4 is 5.97 Å². The standard InChI is InChI=1S/C12H16N2O2/c1-3-16-11(15)10-4-8(2)14(13-10)12-5-9(6-12)7-12/h4,9H,3,5-7H2,1-2H3. The highest BCUT2D eigenvalue weighted by atomic mass is 16.5. The number of nitrogens with zero attached hydrogens (tertiary/aromatic N) is 2. The third-order valence-electron chi connectivity index (χ3n) is 3.83. The van der Waals surface area contributed by atoms with E-state index >= 15 is 0 Å². The fourth-order valence-electron chi connectivity index (χ4n) is 2.95. The van der Waals surface area contributed by atoms with Crippen molar-refractivity contribution in [3.05, 3.63) is 17.5 Å². The maximum absolute atomic E-state index is 11.6. The summed E-state index contributed by atoms with van der Waals surface area (Å²) in [5, 5.41) is 4.40. The van der Waals surface area contributed by atoms with Crippen molar-refractivity contribution in [3.8, 4) is 0 Å². The predicted octanol–water partition coefficient (Wildman–Crippen LogP) is 1.88. The number of carbonyl (C=O) groups is 1. The summed E-state index contributed by atoms with van der Waals surface area (Å²) in [6.07, 6.45) is 3.70. The lowest BCUT2D eigenvalue weighted by molar-refractivity contribution is -0.0992. The Morgan fingerprint density at radius 1 is 1.62 bits per heavy atom. The van der Waals surface area contributed by atoms with Gasteiger partial charge in [-0.1, -0.05) is 0 Å². The molecule has 16 heavy (non-hydrogen) atoms. The van der Waals surface area contributed by atoms with Gasteiger partial charge < -0.3 is 4.74 Å². The van der Waals surface area contributed by atoms with Crippen LogP contribution in [0.3, 0.4) is 0 Å². The highest BCUT2D eigenvalue weighted by Crippen LogP contribution is 2.62. The Morgan fingerprint density at radius 3 is 2.81 bits per heavy atom. The SMILES string of the molecule is CCOC(=O)c1cc(C)n(C23CC(C2)C3)n1. The van der Waals surface area contributed by atoms with Gasteiger partial charge in [-0.15, -0.1) is 0 Å². The number of aromatic nitrogens is 2. The zero-order chi connectivity index (χ0) is 11.3. The van der Waals surface area contributed by atoms with E-state index in [4.69, 9.17) is 4.74 Å². The number of esters is 1. The van der Waals surface area contributed by atoms with Crippen molar-refractivity contribution in [2.24, 2.45) is 5.92 Å². The molecule has 0 unspecified atom stereocenters. The van der Waals surface area contributed by atoms with E-state index in [1.165, 1.54) is 19.3 Å². The summed E-state index contributed by atoms with van der Waals surface area (Å²) in [5.74, 6) is 0.602. The highest BCUT2D eigenvalue weighted by Gasteiger charge is 2.59. The minimum Gasteiger partial charge on any atom is -0.461 e. The molecule has 0 aromatic carbocycles. The van der Waals surface area contributed by atoms with Crippen LogP contribution in [0, 0.1) is 12.8 Å². The molecule has 3 aliphatic carbocycles. The quantitative estimate of drug-likeness (QED) is 0.730. The molecule has 4 heteroatoms. The van der Waals surface area contributed by atoms with Crippen molar-refractivity contribution < 1.29 is 9.53 Å². The summed E-state index contributed by atoms with van der Waals surface area (Å²) < 4.78 is 7.00. The number of aryl methyl sites for hydroxylation is 1. The van der Waals surface area contributed by atoms with Crippen LogP contribution >= 0.6 is 0 Å². The molecule has 0 saturated heterocycles. The first kappa shape index (κ1) is 9.87. The Labute approximate surface area is 94.6 Å². The second kappa shape index (κ2) is 3.09. The van der Waals surface area contributed by atoms with Crippen molar-refractivity contribution in [1.29, 1.82) is 0 Å². The van der Waals surface area contributed by atoms with Crippen LogP contribution in [0.15, 0.2) is 6.07 Å². The second-order valence-electron chi connectivity index (χ2n) is 5.01. The second-order valence-corrected chi connectivity index (χ2v) is 5.01. The number of carbonyl (C=O) groups excluding carboxylic acids is 1. The van der Waals surface area contributed by atoms with Crippen molar-refractivity contribution in [2.75, 3.05) is 6.61 Å². The Balaban J connectivity index is 1.87. The van der Waals surface area contributed by atoms with E-state index in [1.807, 2.05) is 24.6 Å². The molecule has 0 amide bonds. The van der Waals surface area contributed by atoms with Crippen molar-refractivity contribution in [1.82, 2.24) is 9.78 Å². The molecular weight excluding hydrogens is 204 g/mol. The van der Waals surface area contributed by atoms with Crippen LogP contribution in [0.4, 0.5) is 0 Å². The molecule has 86 valence electrons. The Morgan fingerprint density at radius 2 is 2.31 bits per heavy atom. The first-order chi connectivity index (χ1) is 7.64. The van der Waals surface area contributed by atoms with E-state index in [0.717, 1.165) is 11.6 Å². The molecule has 4 rings (SSSR count). The van der Waals surface area contributed by atoms with Crippen LogP contribution < -0.4 is 0 Å². The molecule has 1 heterocycles. The minimum atomic E-state index is -0.309. The smallest absolute Gasteiger partial charge is 0.358 e. The van der Waals surface area contributed by atoms with E-state index in [-0.39, 0.29) is 11.5 Å². The van der Waals surface area contributed by atoms with Gasteiger partial charge in [0.05, 0.1) is 12.1 Å². The normalized spacial score (nSPS) is 30.5. The summed E-state index contributed by atoms with van der Waals surface area (Å²) >= 11 is 0. The van der Waals surface area contributed by atoms with Gasteiger partial charge in [-0.3, -0.25) is 4.68 Å². The van der Waals surface area contributed by atoms with Gasteiger partial charge in [0.25, 0.3) is 0 Å². The lowest BCUT2D eigenvalue weighted by Gasteiger charge is -2.61. The van der Waals surface area contributed by atoms with Crippen LogP contribution in [0.1, 0.15) is 42.4 Å². The molecule has 0 N–H and O–H groups in total. The van der Waals surface area contributed by atoms with Crippen molar-refractivity contribution in [3.63, 3.8) is 0 Å².